The van der Waals surface area contributed by atoms with Crippen molar-refractivity contribution in [1.82, 2.24) is 9.80 Å². The molecule has 1 fully saturated rings. The Bertz CT molecular complexity index is 555. The molecule has 0 saturated carbocycles. The lowest BCUT2D eigenvalue weighted by Crippen LogP contribution is -2.53. The fourth-order valence-corrected chi connectivity index (χ4v) is 3.46. The molecule has 1 heterocycles. The summed E-state index contributed by atoms with van der Waals surface area (Å²) in [4.78, 5) is 28.5. The minimum atomic E-state index is -0.369. The van der Waals surface area contributed by atoms with Crippen LogP contribution in [0.25, 0.3) is 0 Å². The van der Waals surface area contributed by atoms with E-state index < -0.39 is 0 Å². The SMILES string of the molecule is CCN(C(=O)C(=O)N1CCC(Cc2ccccc2)CC1)C(C)(C)C. The van der Waals surface area contributed by atoms with Gasteiger partial charge in [0, 0.05) is 25.2 Å². The molecule has 4 nitrogen and oxygen atoms in total. The van der Waals surface area contributed by atoms with Gasteiger partial charge < -0.3 is 9.80 Å². The highest BCUT2D eigenvalue weighted by atomic mass is 16.2. The molecular weight excluding hydrogens is 300 g/mol. The number of hydrogen-bond donors (Lipinski definition) is 0. The van der Waals surface area contributed by atoms with E-state index in [2.05, 4.69) is 24.3 Å². The van der Waals surface area contributed by atoms with E-state index in [0.29, 0.717) is 25.6 Å². The first-order valence-corrected chi connectivity index (χ1v) is 8.97. The molecule has 0 N–H and O–H groups in total. The van der Waals surface area contributed by atoms with E-state index in [4.69, 9.17) is 0 Å². The van der Waals surface area contributed by atoms with Gasteiger partial charge in [-0.2, -0.15) is 0 Å². The molecule has 0 unspecified atom stereocenters. The molecule has 0 aliphatic carbocycles. The molecular formula is C20H30N2O2. The Labute approximate surface area is 145 Å². The zero-order valence-electron chi connectivity index (χ0n) is 15.4. The van der Waals surface area contributed by atoms with E-state index in [1.165, 1.54) is 5.56 Å². The summed E-state index contributed by atoms with van der Waals surface area (Å²) in [5.41, 5.74) is 1.02. The third-order valence-corrected chi connectivity index (χ3v) is 4.82. The molecule has 1 aliphatic rings. The number of hydrogen-bond acceptors (Lipinski definition) is 2. The van der Waals surface area contributed by atoms with Crippen LogP contribution in [0.1, 0.15) is 46.1 Å². The van der Waals surface area contributed by atoms with Crippen molar-refractivity contribution >= 4 is 11.8 Å². The van der Waals surface area contributed by atoms with E-state index in [0.717, 1.165) is 19.3 Å². The standard InChI is InChI=1S/C20H30N2O2/c1-5-22(20(2,3)4)19(24)18(23)21-13-11-17(12-14-21)15-16-9-7-6-8-10-16/h6-10,17H,5,11-15H2,1-4H3. The van der Waals surface area contributed by atoms with Crippen LogP contribution in [0.15, 0.2) is 30.3 Å². The highest BCUT2D eigenvalue weighted by Crippen LogP contribution is 2.22. The highest BCUT2D eigenvalue weighted by Gasteiger charge is 2.34. The monoisotopic (exact) mass is 330 g/mol. The van der Waals surface area contributed by atoms with Crippen LogP contribution in [0.3, 0.4) is 0 Å². The molecule has 1 aromatic rings. The van der Waals surface area contributed by atoms with Crippen LogP contribution in [-0.4, -0.2) is 46.8 Å². The summed E-state index contributed by atoms with van der Waals surface area (Å²) in [6.07, 6.45) is 2.99. The van der Waals surface area contributed by atoms with Gasteiger partial charge in [0.05, 0.1) is 0 Å². The molecule has 0 spiro atoms. The maximum Gasteiger partial charge on any atom is 0.312 e. The van der Waals surface area contributed by atoms with Crippen molar-refractivity contribution in [2.24, 2.45) is 5.92 Å². The van der Waals surface area contributed by atoms with E-state index in [1.54, 1.807) is 9.80 Å². The van der Waals surface area contributed by atoms with Gasteiger partial charge in [0.1, 0.15) is 0 Å². The second-order valence-electron chi connectivity index (χ2n) is 7.65. The molecule has 24 heavy (non-hydrogen) atoms. The first-order chi connectivity index (χ1) is 11.3. The maximum atomic E-state index is 12.5. The highest BCUT2D eigenvalue weighted by molar-refractivity contribution is 6.35. The molecule has 2 amide bonds. The molecule has 1 aliphatic heterocycles. The van der Waals surface area contributed by atoms with Crippen molar-refractivity contribution < 1.29 is 9.59 Å². The van der Waals surface area contributed by atoms with Crippen LogP contribution in [0.2, 0.25) is 0 Å². The minimum absolute atomic E-state index is 0.326. The van der Waals surface area contributed by atoms with Crippen molar-refractivity contribution in [2.75, 3.05) is 19.6 Å². The number of benzene rings is 1. The van der Waals surface area contributed by atoms with Gasteiger partial charge >= 0.3 is 11.8 Å². The smallest absolute Gasteiger partial charge is 0.312 e. The number of amides is 2. The Morgan fingerprint density at radius 2 is 1.71 bits per heavy atom. The summed E-state index contributed by atoms with van der Waals surface area (Å²) >= 11 is 0. The molecule has 4 heteroatoms. The Kier molecular flexibility index (Phi) is 6.03. The Balaban J connectivity index is 1.89. The summed E-state index contributed by atoms with van der Waals surface area (Å²) in [7, 11) is 0. The molecule has 0 atom stereocenters. The van der Waals surface area contributed by atoms with Crippen molar-refractivity contribution in [3.8, 4) is 0 Å². The predicted molar refractivity (Wildman–Crippen MR) is 96.6 cm³/mol. The fourth-order valence-electron chi connectivity index (χ4n) is 3.46. The molecule has 1 saturated heterocycles. The summed E-state index contributed by atoms with van der Waals surface area (Å²) in [5, 5.41) is 0. The minimum Gasteiger partial charge on any atom is -0.334 e. The van der Waals surface area contributed by atoms with Crippen LogP contribution < -0.4 is 0 Å². The lowest BCUT2D eigenvalue weighted by Gasteiger charge is -2.37. The lowest BCUT2D eigenvalue weighted by atomic mass is 9.90. The summed E-state index contributed by atoms with van der Waals surface area (Å²) in [6, 6.07) is 10.5. The third-order valence-electron chi connectivity index (χ3n) is 4.82. The maximum absolute atomic E-state index is 12.5. The second-order valence-corrected chi connectivity index (χ2v) is 7.65. The predicted octanol–water partition coefficient (Wildman–Crippen LogP) is 3.11. The first-order valence-electron chi connectivity index (χ1n) is 8.97. The van der Waals surface area contributed by atoms with E-state index in [1.807, 2.05) is 33.8 Å². The van der Waals surface area contributed by atoms with Gasteiger partial charge in [-0.15, -0.1) is 0 Å². The second kappa shape index (κ2) is 7.82. The van der Waals surface area contributed by atoms with Gasteiger partial charge in [-0.1, -0.05) is 30.3 Å². The van der Waals surface area contributed by atoms with Crippen LogP contribution >= 0.6 is 0 Å². The zero-order chi connectivity index (χ0) is 17.7. The van der Waals surface area contributed by atoms with Crippen molar-refractivity contribution in [3.63, 3.8) is 0 Å². The van der Waals surface area contributed by atoms with Crippen molar-refractivity contribution in [2.45, 2.75) is 52.5 Å². The molecule has 132 valence electrons. The van der Waals surface area contributed by atoms with E-state index >= 15 is 0 Å². The normalized spacial score (nSPS) is 16.1. The fraction of sp³-hybridized carbons (Fsp3) is 0.600. The number of carbonyl (C=O) groups is 2. The van der Waals surface area contributed by atoms with Crippen LogP contribution in [-0.2, 0) is 16.0 Å². The summed E-state index contributed by atoms with van der Waals surface area (Å²) in [6.45, 7) is 9.74. The number of nitrogens with zero attached hydrogens (tertiary/aromatic N) is 2. The number of likely N-dealkylation sites (tertiary alicyclic amines) is 1. The van der Waals surface area contributed by atoms with Gasteiger partial charge in [-0.3, -0.25) is 9.59 Å². The van der Waals surface area contributed by atoms with Crippen LogP contribution in [0, 0.1) is 5.92 Å². The zero-order valence-corrected chi connectivity index (χ0v) is 15.4. The summed E-state index contributed by atoms with van der Waals surface area (Å²) in [5.74, 6) is -0.118. The van der Waals surface area contributed by atoms with Crippen molar-refractivity contribution in [3.05, 3.63) is 35.9 Å². The Hall–Kier alpha value is -1.84. The number of rotatable bonds is 3. The van der Waals surface area contributed by atoms with Crippen LogP contribution in [0.4, 0.5) is 0 Å². The van der Waals surface area contributed by atoms with Gasteiger partial charge in [-0.05, 0) is 58.4 Å². The quantitative estimate of drug-likeness (QED) is 0.799. The lowest BCUT2D eigenvalue weighted by molar-refractivity contribution is -0.155. The molecule has 0 bridgehead atoms. The molecule has 0 radical (unpaired) electrons. The summed E-state index contributed by atoms with van der Waals surface area (Å²) < 4.78 is 0. The van der Waals surface area contributed by atoms with E-state index in [-0.39, 0.29) is 17.4 Å². The largest absolute Gasteiger partial charge is 0.334 e. The first kappa shape index (κ1) is 18.5. The van der Waals surface area contributed by atoms with Gasteiger partial charge in [0.2, 0.25) is 0 Å². The third kappa shape index (κ3) is 4.59. The van der Waals surface area contributed by atoms with Gasteiger partial charge in [-0.25, -0.2) is 0 Å². The number of likely N-dealkylation sites (N-methyl/N-ethyl adjacent to an activating group) is 1. The Morgan fingerprint density at radius 3 is 2.21 bits per heavy atom. The van der Waals surface area contributed by atoms with Crippen LogP contribution in [0.5, 0.6) is 0 Å². The topological polar surface area (TPSA) is 40.6 Å². The number of carbonyl (C=O) groups excluding carboxylic acids is 2. The van der Waals surface area contributed by atoms with Crippen molar-refractivity contribution in [1.29, 1.82) is 0 Å². The average Bonchev–Trinajstić information content (AvgIpc) is 2.55. The van der Waals surface area contributed by atoms with Gasteiger partial charge in [0.15, 0.2) is 0 Å². The molecule has 1 aromatic carbocycles. The molecule has 0 aromatic heterocycles. The molecule has 2 rings (SSSR count). The van der Waals surface area contributed by atoms with E-state index in [9.17, 15) is 9.59 Å². The average molecular weight is 330 g/mol. The Morgan fingerprint density at radius 1 is 1.12 bits per heavy atom. The van der Waals surface area contributed by atoms with Gasteiger partial charge in [0.25, 0.3) is 0 Å². The number of piperidine rings is 1.